The molecule has 1 saturated carbocycles. The molecule has 0 bridgehead atoms. The van der Waals surface area contributed by atoms with Gasteiger partial charge in [0.05, 0.1) is 30.8 Å². The van der Waals surface area contributed by atoms with E-state index in [1.165, 1.54) is 4.57 Å². The molecule has 3 aromatic rings. The van der Waals surface area contributed by atoms with Crippen molar-refractivity contribution in [3.8, 4) is 11.7 Å². The number of hydrogen-bond acceptors (Lipinski definition) is 8. The molecule has 1 saturated heterocycles. The summed E-state index contributed by atoms with van der Waals surface area (Å²) in [5.74, 6) is 0.697. The third kappa shape index (κ3) is 6.49. The molecule has 1 N–H and O–H groups in total. The molecule has 1 aliphatic carbocycles. The van der Waals surface area contributed by atoms with Gasteiger partial charge in [-0.2, -0.15) is 9.97 Å². The maximum atomic E-state index is 14.1. The van der Waals surface area contributed by atoms with Crippen LogP contribution < -0.4 is 15.0 Å². The largest absolute Gasteiger partial charge is 0.474 e. The van der Waals surface area contributed by atoms with Crippen molar-refractivity contribution in [3.63, 3.8) is 0 Å². The number of aromatic nitrogens is 4. The van der Waals surface area contributed by atoms with Gasteiger partial charge in [0.2, 0.25) is 17.7 Å². The van der Waals surface area contributed by atoms with Crippen LogP contribution in [-0.2, 0) is 9.53 Å². The van der Waals surface area contributed by atoms with Gasteiger partial charge in [0.25, 0.3) is 6.43 Å². The Kier molecular flexibility index (Phi) is 9.05. The third-order valence-electron chi connectivity index (χ3n) is 7.57. The zero-order valence-electron chi connectivity index (χ0n) is 23.1. The molecule has 2 aromatic heterocycles. The van der Waals surface area contributed by atoms with Crippen LogP contribution in [0.2, 0.25) is 0 Å². The average molecular weight is 558 g/mol. The number of nitrogens with one attached hydrogen (secondary N) is 1. The number of morpholine rings is 1. The molecule has 216 valence electrons. The number of rotatable bonds is 10. The monoisotopic (exact) mass is 557 g/mol. The van der Waals surface area contributed by atoms with E-state index in [0.717, 1.165) is 38.8 Å². The van der Waals surface area contributed by atoms with Crippen LogP contribution in [-0.4, -0.2) is 88.4 Å². The Morgan fingerprint density at radius 1 is 1.10 bits per heavy atom. The number of carbonyl (C=O) groups is 1. The molecule has 1 amide bonds. The van der Waals surface area contributed by atoms with E-state index in [-0.39, 0.29) is 29.7 Å². The normalized spacial score (nSPS) is 19.9. The minimum atomic E-state index is -2.79. The van der Waals surface area contributed by atoms with Gasteiger partial charge < -0.3 is 19.7 Å². The molecule has 1 aliphatic heterocycles. The Morgan fingerprint density at radius 3 is 2.52 bits per heavy atom. The van der Waals surface area contributed by atoms with Gasteiger partial charge in [-0.15, -0.1) is 0 Å². The number of hydrogen-bond donors (Lipinski definition) is 1. The highest BCUT2D eigenvalue weighted by Crippen LogP contribution is 2.31. The zero-order valence-corrected chi connectivity index (χ0v) is 23.1. The van der Waals surface area contributed by atoms with Crippen molar-refractivity contribution >= 4 is 22.9 Å². The average Bonchev–Trinajstić information content (AvgIpc) is 3.37. The Balaban J connectivity index is 1.36. The fraction of sp³-hybridized carbons (Fsp3) is 0.571. The number of carbonyl (C=O) groups excluding carboxylic acids is 1. The lowest BCUT2D eigenvalue weighted by Gasteiger charge is -2.31. The number of amides is 1. The summed E-state index contributed by atoms with van der Waals surface area (Å²) in [6.07, 6.45) is 0.197. The lowest BCUT2D eigenvalue weighted by atomic mass is 9.93. The van der Waals surface area contributed by atoms with Gasteiger partial charge in [-0.1, -0.05) is 26.0 Å². The summed E-state index contributed by atoms with van der Waals surface area (Å²) in [6, 6.07) is 8.74. The van der Waals surface area contributed by atoms with Crippen molar-refractivity contribution in [2.45, 2.75) is 58.1 Å². The van der Waals surface area contributed by atoms with E-state index >= 15 is 0 Å². The summed E-state index contributed by atoms with van der Waals surface area (Å²) < 4.78 is 41.4. The summed E-state index contributed by atoms with van der Waals surface area (Å²) in [6.45, 7) is 8.42. The van der Waals surface area contributed by atoms with E-state index in [2.05, 4.69) is 25.2 Å². The van der Waals surface area contributed by atoms with E-state index in [0.29, 0.717) is 55.7 Å². The summed E-state index contributed by atoms with van der Waals surface area (Å²) in [5.41, 5.74) is 1.00. The second-order valence-electron chi connectivity index (χ2n) is 10.2. The first-order valence-electron chi connectivity index (χ1n) is 14.1. The van der Waals surface area contributed by atoms with Gasteiger partial charge in [0, 0.05) is 25.2 Å². The molecule has 1 aromatic carbocycles. The van der Waals surface area contributed by atoms with Crippen LogP contribution in [0.25, 0.3) is 16.9 Å². The van der Waals surface area contributed by atoms with Crippen molar-refractivity contribution < 1.29 is 23.0 Å². The summed E-state index contributed by atoms with van der Waals surface area (Å²) in [7, 11) is 0. The van der Waals surface area contributed by atoms with Gasteiger partial charge in [0.1, 0.15) is 11.9 Å². The van der Waals surface area contributed by atoms with E-state index < -0.39 is 6.43 Å². The number of nitrogens with zero attached hydrogens (tertiary/aromatic N) is 6. The molecule has 2 fully saturated rings. The van der Waals surface area contributed by atoms with Crippen molar-refractivity contribution in [1.29, 1.82) is 0 Å². The van der Waals surface area contributed by atoms with Crippen LogP contribution >= 0.6 is 0 Å². The Labute approximate surface area is 232 Å². The lowest BCUT2D eigenvalue weighted by Crippen LogP contribution is -2.44. The third-order valence-corrected chi connectivity index (χ3v) is 7.57. The van der Waals surface area contributed by atoms with Crippen molar-refractivity contribution in [3.05, 3.63) is 36.2 Å². The molecule has 10 nitrogen and oxygen atoms in total. The van der Waals surface area contributed by atoms with Crippen LogP contribution in [0.5, 0.6) is 5.88 Å². The molecule has 3 heterocycles. The number of halogens is 2. The highest BCUT2D eigenvalue weighted by Gasteiger charge is 2.27. The number of fused-ring (bicyclic) bond motifs is 1. The van der Waals surface area contributed by atoms with Crippen molar-refractivity contribution in [2.24, 2.45) is 0 Å². The van der Waals surface area contributed by atoms with Gasteiger partial charge in [-0.3, -0.25) is 14.3 Å². The van der Waals surface area contributed by atoms with Gasteiger partial charge >= 0.3 is 0 Å². The first kappa shape index (κ1) is 28.2. The van der Waals surface area contributed by atoms with E-state index in [1.807, 2.05) is 18.7 Å². The van der Waals surface area contributed by atoms with E-state index in [4.69, 9.17) is 9.47 Å². The first-order valence-corrected chi connectivity index (χ1v) is 14.1. The second kappa shape index (κ2) is 12.9. The minimum absolute atomic E-state index is 0.0473. The quantitative estimate of drug-likeness (QED) is 0.403. The molecule has 0 unspecified atom stereocenters. The van der Waals surface area contributed by atoms with E-state index in [1.54, 1.807) is 30.3 Å². The smallest absolute Gasteiger partial charge is 0.296 e. The molecule has 5 rings (SSSR count). The predicted molar refractivity (Wildman–Crippen MR) is 147 cm³/mol. The molecule has 0 radical (unpaired) electrons. The summed E-state index contributed by atoms with van der Waals surface area (Å²) in [5, 5.41) is 3.15. The van der Waals surface area contributed by atoms with Crippen molar-refractivity contribution in [1.82, 2.24) is 29.7 Å². The summed E-state index contributed by atoms with van der Waals surface area (Å²) >= 11 is 0. The number of imidazole rings is 1. The molecule has 0 atom stereocenters. The van der Waals surface area contributed by atoms with Crippen LogP contribution in [0.15, 0.2) is 30.3 Å². The SMILES string of the molecule is CCN(CC)CC(=O)NC1CCC(Oc2cc(-n3c(C(F)F)nc4ccccc43)nc(N3CCOCC3)n2)CC1. The van der Waals surface area contributed by atoms with Gasteiger partial charge in [-0.05, 0) is 50.9 Å². The number of alkyl halides is 2. The predicted octanol–water partition coefficient (Wildman–Crippen LogP) is 3.74. The Morgan fingerprint density at radius 2 is 1.82 bits per heavy atom. The van der Waals surface area contributed by atoms with E-state index in [9.17, 15) is 13.6 Å². The maximum Gasteiger partial charge on any atom is 0.296 e. The van der Waals surface area contributed by atoms with Crippen molar-refractivity contribution in [2.75, 3.05) is 50.8 Å². The maximum absolute atomic E-state index is 14.1. The number of likely N-dealkylation sites (N-methyl/N-ethyl adjacent to an activating group) is 1. The molecule has 0 spiro atoms. The van der Waals surface area contributed by atoms with Crippen LogP contribution in [0.1, 0.15) is 51.8 Å². The molecule has 2 aliphatic rings. The van der Waals surface area contributed by atoms with Crippen LogP contribution in [0.4, 0.5) is 14.7 Å². The van der Waals surface area contributed by atoms with Gasteiger partial charge in [-0.25, -0.2) is 13.8 Å². The Bertz CT molecular complexity index is 1290. The standard InChI is InChI=1S/C28H37F2N7O3/c1-3-35(4-2)18-24(38)31-19-9-11-20(12-10-19)40-25-17-23(33-28(34-25)36-13-15-39-16-14-36)37-22-8-6-5-7-21(22)32-27(37)26(29)30/h5-8,17,19-20,26H,3-4,9-16,18H2,1-2H3,(H,31,38). The topological polar surface area (TPSA) is 97.6 Å². The zero-order chi connectivity index (χ0) is 28.1. The lowest BCUT2D eigenvalue weighted by molar-refractivity contribution is -0.123. The number of anilines is 1. The molecular weight excluding hydrogens is 520 g/mol. The Hall–Kier alpha value is -3.38. The molecule has 12 heteroatoms. The summed E-state index contributed by atoms with van der Waals surface area (Å²) in [4.78, 5) is 30.0. The van der Waals surface area contributed by atoms with Crippen LogP contribution in [0, 0.1) is 0 Å². The highest BCUT2D eigenvalue weighted by molar-refractivity contribution is 5.78. The fourth-order valence-corrected chi connectivity index (χ4v) is 5.33. The van der Waals surface area contributed by atoms with Gasteiger partial charge in [0.15, 0.2) is 5.82 Å². The molecule has 40 heavy (non-hydrogen) atoms. The molecular formula is C28H37F2N7O3. The number of benzene rings is 1. The number of ether oxygens (including phenoxy) is 2. The minimum Gasteiger partial charge on any atom is -0.474 e. The first-order chi connectivity index (χ1) is 19.4. The highest BCUT2D eigenvalue weighted by atomic mass is 19.3. The number of para-hydroxylation sites is 2. The fourth-order valence-electron chi connectivity index (χ4n) is 5.33. The van der Waals surface area contributed by atoms with Crippen LogP contribution in [0.3, 0.4) is 0 Å². The second-order valence-corrected chi connectivity index (χ2v) is 10.2.